The van der Waals surface area contributed by atoms with Gasteiger partial charge in [0.25, 0.3) is 0 Å². The van der Waals surface area contributed by atoms with Crippen molar-refractivity contribution in [3.8, 4) is 6.07 Å². The van der Waals surface area contributed by atoms with Crippen LogP contribution in [0.5, 0.6) is 0 Å². The summed E-state index contributed by atoms with van der Waals surface area (Å²) >= 11 is 0. The molecule has 2 N–H and O–H groups in total. The largest absolute Gasteiger partial charge is 0.370 e. The third-order valence-corrected chi connectivity index (χ3v) is 3.30. The molecular weight excluding hydrogens is 212 g/mol. The van der Waals surface area contributed by atoms with Gasteiger partial charge < -0.3 is 10.6 Å². The maximum Gasteiger partial charge on any atom is 0.103 e. The first-order chi connectivity index (χ1) is 8.11. The molecule has 0 radical (unpaired) electrons. The fourth-order valence-corrected chi connectivity index (χ4v) is 2.34. The maximum absolute atomic E-state index is 9.23. The zero-order valence-corrected chi connectivity index (χ0v) is 10.4. The van der Waals surface area contributed by atoms with Crippen LogP contribution in [-0.2, 0) is 0 Å². The van der Waals surface area contributed by atoms with Crippen LogP contribution >= 0.6 is 0 Å². The Bertz CT molecular complexity index is 453. The number of nitrogens with two attached hydrogens (primary N) is 1. The summed E-state index contributed by atoms with van der Waals surface area (Å²) in [4.78, 5) is 6.59. The Morgan fingerprint density at radius 3 is 2.65 bits per heavy atom. The predicted octanol–water partition coefficient (Wildman–Crippen LogP) is 1.50. The van der Waals surface area contributed by atoms with Crippen LogP contribution in [0.15, 0.2) is 6.07 Å². The molecule has 1 aliphatic heterocycles. The number of nitrogens with zero attached hydrogens (tertiary/aromatic N) is 3. The fourth-order valence-electron chi connectivity index (χ4n) is 2.34. The number of nitriles is 1. The second-order valence-corrected chi connectivity index (χ2v) is 4.68. The summed E-state index contributed by atoms with van der Waals surface area (Å²) < 4.78 is 0. The van der Waals surface area contributed by atoms with E-state index in [-0.39, 0.29) is 0 Å². The molecule has 0 saturated carbocycles. The van der Waals surface area contributed by atoms with Crippen molar-refractivity contribution in [2.24, 2.45) is 5.73 Å². The minimum absolute atomic E-state index is 0.306. The quantitative estimate of drug-likeness (QED) is 0.794. The molecule has 17 heavy (non-hydrogen) atoms. The molecule has 2 heterocycles. The van der Waals surface area contributed by atoms with Gasteiger partial charge in [-0.2, -0.15) is 5.26 Å². The molecule has 0 aromatic carbocycles. The van der Waals surface area contributed by atoms with Gasteiger partial charge in [-0.3, -0.25) is 4.98 Å². The highest BCUT2D eigenvalue weighted by Crippen LogP contribution is 2.25. The number of hydrogen-bond acceptors (Lipinski definition) is 4. The topological polar surface area (TPSA) is 65.9 Å². The van der Waals surface area contributed by atoms with Gasteiger partial charge in [0.2, 0.25) is 0 Å². The van der Waals surface area contributed by atoms with Gasteiger partial charge in [0, 0.05) is 24.8 Å². The van der Waals surface area contributed by atoms with E-state index >= 15 is 0 Å². The van der Waals surface area contributed by atoms with Gasteiger partial charge in [0.15, 0.2) is 0 Å². The number of anilines is 1. The standard InChI is InChI=1S/C13H18N4/c1-9-7-13(12(8-14)10(2)16-9)17-5-3-11(15)4-6-17/h7,11H,3-6,15H2,1-2H3. The van der Waals surface area contributed by atoms with Crippen LogP contribution in [-0.4, -0.2) is 24.1 Å². The van der Waals surface area contributed by atoms with E-state index in [1.165, 1.54) is 0 Å². The van der Waals surface area contributed by atoms with E-state index in [0.29, 0.717) is 11.6 Å². The predicted molar refractivity (Wildman–Crippen MR) is 67.8 cm³/mol. The van der Waals surface area contributed by atoms with E-state index in [9.17, 15) is 5.26 Å². The molecule has 0 amide bonds. The van der Waals surface area contributed by atoms with Gasteiger partial charge in [0.05, 0.1) is 16.9 Å². The normalized spacial score (nSPS) is 16.9. The number of piperidine rings is 1. The average molecular weight is 230 g/mol. The highest BCUT2D eigenvalue weighted by Gasteiger charge is 2.20. The zero-order chi connectivity index (χ0) is 12.4. The molecule has 0 unspecified atom stereocenters. The molecule has 1 aromatic rings. The Kier molecular flexibility index (Phi) is 3.30. The van der Waals surface area contributed by atoms with E-state index in [2.05, 4.69) is 16.0 Å². The maximum atomic E-state index is 9.23. The zero-order valence-electron chi connectivity index (χ0n) is 10.4. The smallest absolute Gasteiger partial charge is 0.103 e. The monoisotopic (exact) mass is 230 g/mol. The average Bonchev–Trinajstić information content (AvgIpc) is 2.29. The number of aromatic nitrogens is 1. The van der Waals surface area contributed by atoms with E-state index in [0.717, 1.165) is 43.0 Å². The Hall–Kier alpha value is -1.60. The molecule has 1 aliphatic rings. The Balaban J connectivity index is 2.35. The summed E-state index contributed by atoms with van der Waals surface area (Å²) in [6.45, 7) is 5.72. The second-order valence-electron chi connectivity index (χ2n) is 4.68. The lowest BCUT2D eigenvalue weighted by atomic mass is 10.0. The summed E-state index contributed by atoms with van der Waals surface area (Å²) in [5.74, 6) is 0. The minimum atomic E-state index is 0.306. The van der Waals surface area contributed by atoms with Crippen LogP contribution < -0.4 is 10.6 Å². The van der Waals surface area contributed by atoms with Crippen LogP contribution in [0.4, 0.5) is 5.69 Å². The van der Waals surface area contributed by atoms with Crippen molar-refractivity contribution in [1.82, 2.24) is 4.98 Å². The van der Waals surface area contributed by atoms with Crippen molar-refractivity contribution in [3.63, 3.8) is 0 Å². The molecule has 4 nitrogen and oxygen atoms in total. The molecule has 0 atom stereocenters. The lowest BCUT2D eigenvalue weighted by Crippen LogP contribution is -2.40. The van der Waals surface area contributed by atoms with Crippen molar-refractivity contribution >= 4 is 5.69 Å². The van der Waals surface area contributed by atoms with Crippen molar-refractivity contribution < 1.29 is 0 Å². The second kappa shape index (κ2) is 4.72. The van der Waals surface area contributed by atoms with Crippen LogP contribution in [0.2, 0.25) is 0 Å². The molecular formula is C13H18N4. The molecule has 0 spiro atoms. The van der Waals surface area contributed by atoms with Gasteiger partial charge >= 0.3 is 0 Å². The van der Waals surface area contributed by atoms with Gasteiger partial charge in [-0.25, -0.2) is 0 Å². The van der Waals surface area contributed by atoms with Crippen molar-refractivity contribution in [2.45, 2.75) is 32.7 Å². The van der Waals surface area contributed by atoms with Crippen LogP contribution in [0.3, 0.4) is 0 Å². The Morgan fingerprint density at radius 2 is 2.06 bits per heavy atom. The molecule has 1 fully saturated rings. The van der Waals surface area contributed by atoms with E-state index in [4.69, 9.17) is 5.73 Å². The molecule has 90 valence electrons. The molecule has 0 bridgehead atoms. The van der Waals surface area contributed by atoms with Gasteiger partial charge in [-0.15, -0.1) is 0 Å². The molecule has 2 rings (SSSR count). The summed E-state index contributed by atoms with van der Waals surface area (Å²) in [7, 11) is 0. The highest BCUT2D eigenvalue weighted by atomic mass is 15.1. The minimum Gasteiger partial charge on any atom is -0.370 e. The van der Waals surface area contributed by atoms with Crippen molar-refractivity contribution in [3.05, 3.63) is 23.0 Å². The third kappa shape index (κ3) is 2.40. The van der Waals surface area contributed by atoms with Crippen molar-refractivity contribution in [1.29, 1.82) is 5.26 Å². The molecule has 1 aromatic heterocycles. The van der Waals surface area contributed by atoms with Crippen LogP contribution in [0, 0.1) is 25.2 Å². The van der Waals surface area contributed by atoms with Gasteiger partial charge in [-0.1, -0.05) is 0 Å². The first-order valence-electron chi connectivity index (χ1n) is 6.00. The number of aryl methyl sites for hydroxylation is 2. The third-order valence-electron chi connectivity index (χ3n) is 3.30. The highest BCUT2D eigenvalue weighted by molar-refractivity contribution is 5.61. The fraction of sp³-hybridized carbons (Fsp3) is 0.538. The van der Waals surface area contributed by atoms with Crippen molar-refractivity contribution in [2.75, 3.05) is 18.0 Å². The first kappa shape index (κ1) is 11.9. The number of rotatable bonds is 1. The van der Waals surface area contributed by atoms with Gasteiger partial charge in [-0.05, 0) is 32.8 Å². The van der Waals surface area contributed by atoms with E-state index < -0.39 is 0 Å². The molecule has 4 heteroatoms. The Labute approximate surface area is 102 Å². The summed E-state index contributed by atoms with van der Waals surface area (Å²) in [5.41, 5.74) is 9.40. The SMILES string of the molecule is Cc1cc(N2CCC(N)CC2)c(C#N)c(C)n1. The van der Waals surface area contributed by atoms with Gasteiger partial charge in [0.1, 0.15) is 6.07 Å². The lowest BCUT2D eigenvalue weighted by molar-refractivity contribution is 0.501. The van der Waals surface area contributed by atoms with E-state index in [1.807, 2.05) is 19.9 Å². The van der Waals surface area contributed by atoms with Crippen LogP contribution in [0.1, 0.15) is 29.8 Å². The summed E-state index contributed by atoms with van der Waals surface area (Å²) in [6.07, 6.45) is 1.98. The number of hydrogen-bond donors (Lipinski definition) is 1. The van der Waals surface area contributed by atoms with E-state index in [1.54, 1.807) is 0 Å². The number of pyridine rings is 1. The lowest BCUT2D eigenvalue weighted by Gasteiger charge is -2.32. The molecule has 0 aliphatic carbocycles. The molecule has 1 saturated heterocycles. The first-order valence-corrected chi connectivity index (χ1v) is 6.00. The Morgan fingerprint density at radius 1 is 1.41 bits per heavy atom. The summed E-state index contributed by atoms with van der Waals surface area (Å²) in [6, 6.07) is 4.57. The van der Waals surface area contributed by atoms with Crippen LogP contribution in [0.25, 0.3) is 0 Å². The summed E-state index contributed by atoms with van der Waals surface area (Å²) in [5, 5.41) is 9.23.